The zero-order valence-electron chi connectivity index (χ0n) is 17.6. The van der Waals surface area contributed by atoms with Gasteiger partial charge in [-0.15, -0.1) is 0 Å². The Morgan fingerprint density at radius 3 is 2.47 bits per heavy atom. The van der Waals surface area contributed by atoms with Gasteiger partial charge in [0.2, 0.25) is 5.91 Å². The lowest BCUT2D eigenvalue weighted by Gasteiger charge is -2.53. The van der Waals surface area contributed by atoms with E-state index in [-0.39, 0.29) is 28.5 Å². The zero-order chi connectivity index (χ0) is 21.7. The molecule has 8 nitrogen and oxygen atoms in total. The van der Waals surface area contributed by atoms with Crippen molar-refractivity contribution in [3.05, 3.63) is 23.8 Å². The van der Waals surface area contributed by atoms with Crippen molar-refractivity contribution in [2.75, 3.05) is 25.4 Å². The largest absolute Gasteiger partial charge is 0.508 e. The van der Waals surface area contributed by atoms with Gasteiger partial charge in [-0.3, -0.25) is 9.59 Å². The molecule has 0 unspecified atom stereocenters. The van der Waals surface area contributed by atoms with Crippen LogP contribution in [0.5, 0.6) is 5.75 Å². The second-order valence-electron chi connectivity index (χ2n) is 9.56. The van der Waals surface area contributed by atoms with Crippen LogP contribution in [0.25, 0.3) is 0 Å². The van der Waals surface area contributed by atoms with Crippen molar-refractivity contribution in [3.8, 4) is 5.75 Å². The number of nitrogens with zero attached hydrogens (tertiary/aromatic N) is 1. The van der Waals surface area contributed by atoms with E-state index < -0.39 is 17.2 Å². The summed E-state index contributed by atoms with van der Waals surface area (Å²) in [6, 6.07) is 4.33. The van der Waals surface area contributed by atoms with Crippen LogP contribution in [0.1, 0.15) is 56.3 Å². The molecule has 2 aliphatic heterocycles. The number of phenolic OH excluding ortho intramolecular Hbond substituents is 1. The Hall–Kier alpha value is -2.32. The Morgan fingerprint density at radius 2 is 1.83 bits per heavy atom. The van der Waals surface area contributed by atoms with Crippen LogP contribution in [0.2, 0.25) is 0 Å². The van der Waals surface area contributed by atoms with Crippen LogP contribution < -0.4 is 11.1 Å². The molecule has 0 aromatic heterocycles. The molecule has 1 aromatic carbocycles. The van der Waals surface area contributed by atoms with Crippen LogP contribution in [0, 0.1) is 5.41 Å². The van der Waals surface area contributed by atoms with Crippen LogP contribution >= 0.6 is 0 Å². The minimum Gasteiger partial charge on any atom is -0.508 e. The second-order valence-corrected chi connectivity index (χ2v) is 9.56. The summed E-state index contributed by atoms with van der Waals surface area (Å²) >= 11 is 0. The van der Waals surface area contributed by atoms with E-state index in [0.29, 0.717) is 44.6 Å². The number of nitrogen functional groups attached to an aromatic ring is 1. The number of rotatable bonds is 3. The third kappa shape index (κ3) is 3.52. The van der Waals surface area contributed by atoms with Gasteiger partial charge < -0.3 is 30.9 Å². The number of likely N-dealkylation sites (tertiary alicyclic amines) is 1. The Labute approximate surface area is 176 Å². The van der Waals surface area contributed by atoms with Crippen molar-refractivity contribution in [3.63, 3.8) is 0 Å². The number of phenols is 1. The van der Waals surface area contributed by atoms with Crippen molar-refractivity contribution < 1.29 is 24.5 Å². The van der Waals surface area contributed by atoms with Crippen LogP contribution in [0.15, 0.2) is 18.2 Å². The lowest BCUT2D eigenvalue weighted by atomic mass is 9.73. The molecule has 2 atom stereocenters. The van der Waals surface area contributed by atoms with Gasteiger partial charge in [-0.1, -0.05) is 6.92 Å². The number of nitrogens with one attached hydrogen (secondary N) is 1. The standard InChI is InChI=1S/C22H31N3O5/c1-20(5-6-20)19(29)24-21(2)9-12-30-22(18(21)28)7-10-25(11-8-22)17(27)15-13-14(26)3-4-16(15)23/h3-4,13,18,26,28H,5-12,23H2,1-2H3,(H,24,29)/t18-,21+/m0/s1. The summed E-state index contributed by atoms with van der Waals surface area (Å²) < 4.78 is 6.07. The van der Waals surface area contributed by atoms with E-state index in [2.05, 4.69) is 5.32 Å². The first-order valence-corrected chi connectivity index (χ1v) is 10.6. The van der Waals surface area contributed by atoms with E-state index in [1.807, 2.05) is 13.8 Å². The molecule has 1 aromatic rings. The fraction of sp³-hybridized carbons (Fsp3) is 0.636. The SMILES string of the molecule is CC1(C(=O)N[C@]2(C)CCOC3(CCN(C(=O)c4cc(O)ccc4N)CC3)[C@H]2O)CC1. The van der Waals surface area contributed by atoms with Gasteiger partial charge >= 0.3 is 0 Å². The monoisotopic (exact) mass is 417 g/mol. The molecular weight excluding hydrogens is 386 g/mol. The van der Waals surface area contributed by atoms with Gasteiger partial charge in [0.1, 0.15) is 11.9 Å². The van der Waals surface area contributed by atoms with Crippen LogP contribution in [0.3, 0.4) is 0 Å². The number of hydrogen-bond acceptors (Lipinski definition) is 6. The molecule has 3 aliphatic rings. The maximum atomic E-state index is 12.9. The lowest BCUT2D eigenvalue weighted by molar-refractivity contribution is -0.206. The average Bonchev–Trinajstić information content (AvgIpc) is 3.47. The number of piperidine rings is 1. The van der Waals surface area contributed by atoms with Gasteiger partial charge in [-0.25, -0.2) is 0 Å². The van der Waals surface area contributed by atoms with Crippen LogP contribution in [0.4, 0.5) is 5.69 Å². The number of benzene rings is 1. The summed E-state index contributed by atoms with van der Waals surface area (Å²) in [5, 5.41) is 24.1. The molecule has 0 radical (unpaired) electrons. The molecule has 1 spiro atoms. The van der Waals surface area contributed by atoms with E-state index in [1.165, 1.54) is 18.2 Å². The van der Waals surface area contributed by atoms with Crippen molar-refractivity contribution >= 4 is 17.5 Å². The van der Waals surface area contributed by atoms with E-state index in [4.69, 9.17) is 10.5 Å². The lowest BCUT2D eigenvalue weighted by Crippen LogP contribution is -2.69. The number of hydrogen-bond donors (Lipinski definition) is 4. The van der Waals surface area contributed by atoms with Crippen molar-refractivity contribution in [1.82, 2.24) is 10.2 Å². The third-order valence-electron chi connectivity index (χ3n) is 7.22. The van der Waals surface area contributed by atoms with E-state index in [0.717, 1.165) is 12.8 Å². The number of nitrogens with two attached hydrogens (primary N) is 1. The molecular formula is C22H31N3O5. The topological polar surface area (TPSA) is 125 Å². The van der Waals surface area contributed by atoms with E-state index >= 15 is 0 Å². The summed E-state index contributed by atoms with van der Waals surface area (Å²) in [6.07, 6.45) is 2.35. The smallest absolute Gasteiger partial charge is 0.256 e. The molecule has 1 saturated carbocycles. The summed E-state index contributed by atoms with van der Waals surface area (Å²) in [6.45, 7) is 5.07. The molecule has 164 valence electrons. The second kappa shape index (κ2) is 7.13. The third-order valence-corrected chi connectivity index (χ3v) is 7.22. The molecule has 0 bridgehead atoms. The Balaban J connectivity index is 1.45. The molecule has 5 N–H and O–H groups in total. The van der Waals surface area contributed by atoms with E-state index in [1.54, 1.807) is 4.90 Å². The minimum atomic E-state index is -0.867. The van der Waals surface area contributed by atoms with Gasteiger partial charge in [0.05, 0.1) is 16.7 Å². The number of amides is 2. The molecule has 4 rings (SSSR count). The fourth-order valence-electron chi connectivity index (χ4n) is 4.62. The van der Waals surface area contributed by atoms with Gasteiger partial charge in [0, 0.05) is 30.8 Å². The number of anilines is 1. The Bertz CT molecular complexity index is 860. The van der Waals surface area contributed by atoms with Crippen molar-refractivity contribution in [2.24, 2.45) is 5.41 Å². The minimum absolute atomic E-state index is 0.00641. The highest BCUT2D eigenvalue weighted by Crippen LogP contribution is 2.47. The number of aliphatic hydroxyl groups is 1. The van der Waals surface area contributed by atoms with E-state index in [9.17, 15) is 19.8 Å². The maximum Gasteiger partial charge on any atom is 0.256 e. The highest BCUT2D eigenvalue weighted by molar-refractivity contribution is 5.99. The van der Waals surface area contributed by atoms with Gasteiger partial charge in [0.25, 0.3) is 5.91 Å². The zero-order valence-corrected chi connectivity index (χ0v) is 17.6. The fourth-order valence-corrected chi connectivity index (χ4v) is 4.62. The van der Waals surface area contributed by atoms with Gasteiger partial charge in [-0.05, 0) is 57.2 Å². The predicted molar refractivity (Wildman–Crippen MR) is 111 cm³/mol. The highest BCUT2D eigenvalue weighted by atomic mass is 16.5. The number of carbonyl (C=O) groups is 2. The molecule has 3 fully saturated rings. The predicted octanol–water partition coefficient (Wildman–Crippen LogP) is 1.41. The van der Waals surface area contributed by atoms with Crippen molar-refractivity contribution in [1.29, 1.82) is 0 Å². The first-order chi connectivity index (χ1) is 14.1. The molecule has 30 heavy (non-hydrogen) atoms. The van der Waals surface area contributed by atoms with Crippen molar-refractivity contribution in [2.45, 2.75) is 63.2 Å². The first-order valence-electron chi connectivity index (χ1n) is 10.6. The van der Waals surface area contributed by atoms with Gasteiger partial charge in [0.15, 0.2) is 0 Å². The van der Waals surface area contributed by atoms with Crippen LogP contribution in [-0.4, -0.2) is 63.9 Å². The maximum absolute atomic E-state index is 12.9. The molecule has 8 heteroatoms. The number of aliphatic hydroxyl groups excluding tert-OH is 1. The summed E-state index contributed by atoms with van der Waals surface area (Å²) in [4.78, 5) is 27.2. The quantitative estimate of drug-likeness (QED) is 0.435. The normalized spacial score (nSPS) is 29.4. The first kappa shape index (κ1) is 20.9. The molecule has 2 heterocycles. The summed E-state index contributed by atoms with van der Waals surface area (Å²) in [7, 11) is 0. The number of carbonyl (C=O) groups excluding carboxylic acids is 2. The highest BCUT2D eigenvalue weighted by Gasteiger charge is 2.56. The Kier molecular flexibility index (Phi) is 4.97. The Morgan fingerprint density at radius 1 is 1.17 bits per heavy atom. The molecule has 1 aliphatic carbocycles. The van der Waals surface area contributed by atoms with Crippen LogP contribution in [-0.2, 0) is 9.53 Å². The number of ether oxygens (including phenoxy) is 1. The molecule has 2 saturated heterocycles. The summed E-state index contributed by atoms with van der Waals surface area (Å²) in [5.74, 6) is -0.266. The van der Waals surface area contributed by atoms with Gasteiger partial charge in [-0.2, -0.15) is 0 Å². The molecule has 2 amide bonds. The average molecular weight is 418 g/mol. The number of aromatic hydroxyl groups is 1. The summed E-state index contributed by atoms with van der Waals surface area (Å²) in [5.41, 5.74) is 4.62.